The summed E-state index contributed by atoms with van der Waals surface area (Å²) in [7, 11) is 1.57. The lowest BCUT2D eigenvalue weighted by Gasteiger charge is -2.15. The zero-order valence-corrected chi connectivity index (χ0v) is 22.6. The van der Waals surface area contributed by atoms with Crippen molar-refractivity contribution in [1.29, 1.82) is 5.26 Å². The van der Waals surface area contributed by atoms with Gasteiger partial charge in [-0.15, -0.1) is 0 Å². The van der Waals surface area contributed by atoms with Crippen LogP contribution in [0.25, 0.3) is 16.8 Å². The van der Waals surface area contributed by atoms with Gasteiger partial charge in [0.1, 0.15) is 24.0 Å². The fourth-order valence-electron chi connectivity index (χ4n) is 3.75. The largest absolute Gasteiger partial charge is 0.497 e. The van der Waals surface area contributed by atoms with E-state index in [0.717, 1.165) is 14.5 Å². The van der Waals surface area contributed by atoms with E-state index in [-0.39, 0.29) is 5.57 Å². The van der Waals surface area contributed by atoms with Crippen LogP contribution in [0.1, 0.15) is 18.1 Å². The number of hydrogen-bond donors (Lipinski definition) is 1. The molecule has 1 amide bonds. The lowest BCUT2D eigenvalue weighted by Crippen LogP contribution is -2.13. The highest BCUT2D eigenvalue weighted by atomic mass is 127. The standard InChI is InChI=1S/C30H25IN2O4/c1-3-36-28-17-21(15-24(18-32)30(34)33-25-10-12-26(35-2)13-11-25)16-27(31)29(28)37-19-20-8-9-22-6-4-5-7-23(22)14-20/h4-17H,3,19H2,1-2H3,(H,33,34)/b24-15+. The molecule has 0 aromatic heterocycles. The summed E-state index contributed by atoms with van der Waals surface area (Å²) in [4.78, 5) is 12.7. The van der Waals surface area contributed by atoms with Gasteiger partial charge < -0.3 is 19.5 Å². The molecular formula is C30H25IN2O4. The highest BCUT2D eigenvalue weighted by Crippen LogP contribution is 2.36. The first-order chi connectivity index (χ1) is 18.0. The third-order valence-electron chi connectivity index (χ3n) is 5.55. The molecule has 0 saturated heterocycles. The molecule has 7 heteroatoms. The number of fused-ring (bicyclic) bond motifs is 1. The van der Waals surface area contributed by atoms with Crippen LogP contribution in [0.5, 0.6) is 17.2 Å². The van der Waals surface area contributed by atoms with Crippen molar-refractivity contribution < 1.29 is 19.0 Å². The predicted octanol–water partition coefficient (Wildman–Crippen LogP) is 6.98. The van der Waals surface area contributed by atoms with E-state index in [4.69, 9.17) is 14.2 Å². The topological polar surface area (TPSA) is 80.6 Å². The Balaban J connectivity index is 1.54. The van der Waals surface area contributed by atoms with Gasteiger partial charge >= 0.3 is 0 Å². The van der Waals surface area contributed by atoms with Crippen molar-refractivity contribution in [1.82, 2.24) is 0 Å². The number of amides is 1. The van der Waals surface area contributed by atoms with E-state index in [2.05, 4.69) is 52.2 Å². The molecular weight excluding hydrogens is 579 g/mol. The van der Waals surface area contributed by atoms with Crippen LogP contribution in [0.3, 0.4) is 0 Å². The molecule has 0 fully saturated rings. The minimum absolute atomic E-state index is 0.0288. The maximum atomic E-state index is 12.7. The molecule has 0 atom stereocenters. The highest BCUT2D eigenvalue weighted by molar-refractivity contribution is 14.1. The molecule has 4 aromatic carbocycles. The zero-order valence-electron chi connectivity index (χ0n) is 20.5. The molecule has 0 spiro atoms. The maximum Gasteiger partial charge on any atom is 0.266 e. The Labute approximate surface area is 229 Å². The quantitative estimate of drug-likeness (QED) is 0.127. The van der Waals surface area contributed by atoms with E-state index in [1.165, 1.54) is 11.5 Å². The zero-order chi connectivity index (χ0) is 26.2. The van der Waals surface area contributed by atoms with Crippen molar-refractivity contribution in [2.45, 2.75) is 13.5 Å². The third-order valence-corrected chi connectivity index (χ3v) is 6.35. The molecule has 0 saturated carbocycles. The van der Waals surface area contributed by atoms with Crippen molar-refractivity contribution in [3.05, 3.63) is 99.1 Å². The number of rotatable bonds is 9. The normalized spacial score (nSPS) is 11.0. The molecule has 0 aliphatic heterocycles. The second-order valence-corrected chi connectivity index (χ2v) is 9.25. The van der Waals surface area contributed by atoms with Crippen molar-refractivity contribution in [2.75, 3.05) is 19.0 Å². The number of methoxy groups -OCH3 is 1. The first-order valence-electron chi connectivity index (χ1n) is 11.6. The Morgan fingerprint density at radius 3 is 2.46 bits per heavy atom. The smallest absolute Gasteiger partial charge is 0.266 e. The van der Waals surface area contributed by atoms with Crippen molar-refractivity contribution in [2.24, 2.45) is 0 Å². The fraction of sp³-hybridized carbons (Fsp3) is 0.133. The Morgan fingerprint density at radius 1 is 1.00 bits per heavy atom. The number of nitriles is 1. The molecule has 4 aromatic rings. The summed E-state index contributed by atoms with van der Waals surface area (Å²) in [6.45, 7) is 2.72. The molecule has 0 heterocycles. The highest BCUT2D eigenvalue weighted by Gasteiger charge is 2.15. The number of anilines is 1. The van der Waals surface area contributed by atoms with Crippen molar-refractivity contribution in [3.63, 3.8) is 0 Å². The molecule has 1 N–H and O–H groups in total. The maximum absolute atomic E-state index is 12.7. The molecule has 6 nitrogen and oxygen atoms in total. The minimum Gasteiger partial charge on any atom is -0.497 e. The van der Waals surface area contributed by atoms with E-state index in [9.17, 15) is 10.1 Å². The van der Waals surface area contributed by atoms with Gasteiger partial charge in [0.15, 0.2) is 11.5 Å². The molecule has 186 valence electrons. The average molecular weight is 604 g/mol. The van der Waals surface area contributed by atoms with Gasteiger partial charge in [-0.1, -0.05) is 36.4 Å². The van der Waals surface area contributed by atoms with Gasteiger partial charge in [-0.05, 0) is 100.0 Å². The fourth-order valence-corrected chi connectivity index (χ4v) is 4.53. The molecule has 0 aliphatic carbocycles. The molecule has 0 radical (unpaired) electrons. The number of nitrogens with one attached hydrogen (secondary N) is 1. The van der Waals surface area contributed by atoms with Gasteiger partial charge in [0.05, 0.1) is 17.3 Å². The van der Waals surface area contributed by atoms with E-state index in [0.29, 0.717) is 41.7 Å². The van der Waals surface area contributed by atoms with Gasteiger partial charge in [-0.2, -0.15) is 5.26 Å². The van der Waals surface area contributed by atoms with Crippen LogP contribution in [-0.2, 0) is 11.4 Å². The molecule has 0 aliphatic rings. The van der Waals surface area contributed by atoms with Crippen LogP contribution in [0.2, 0.25) is 0 Å². The molecule has 37 heavy (non-hydrogen) atoms. The van der Waals surface area contributed by atoms with Crippen molar-refractivity contribution in [3.8, 4) is 23.3 Å². The second kappa shape index (κ2) is 12.3. The SMILES string of the molecule is CCOc1cc(/C=C(\C#N)C(=O)Nc2ccc(OC)cc2)cc(I)c1OCc1ccc2ccccc2c1. The summed E-state index contributed by atoms with van der Waals surface area (Å²) < 4.78 is 18.0. The van der Waals surface area contributed by atoms with Crippen LogP contribution >= 0.6 is 22.6 Å². The Bertz CT molecular complexity index is 1490. The average Bonchev–Trinajstić information content (AvgIpc) is 2.91. The summed E-state index contributed by atoms with van der Waals surface area (Å²) in [6.07, 6.45) is 1.54. The van der Waals surface area contributed by atoms with Crippen molar-refractivity contribution >= 4 is 51.0 Å². The summed E-state index contributed by atoms with van der Waals surface area (Å²) in [5.41, 5.74) is 2.24. The first kappa shape index (κ1) is 26.0. The summed E-state index contributed by atoms with van der Waals surface area (Å²) >= 11 is 2.18. The number of carbonyl (C=O) groups excluding carboxylic acids is 1. The number of ether oxygens (including phenoxy) is 3. The van der Waals surface area contributed by atoms with E-state index < -0.39 is 5.91 Å². The number of carbonyl (C=O) groups is 1. The Kier molecular flexibility index (Phi) is 8.64. The number of hydrogen-bond acceptors (Lipinski definition) is 5. The monoisotopic (exact) mass is 604 g/mol. The third kappa shape index (κ3) is 6.60. The van der Waals surface area contributed by atoms with Crippen LogP contribution in [0, 0.1) is 14.9 Å². The lowest BCUT2D eigenvalue weighted by atomic mass is 10.1. The van der Waals surface area contributed by atoms with Crippen LogP contribution in [-0.4, -0.2) is 19.6 Å². The Morgan fingerprint density at radius 2 is 1.76 bits per heavy atom. The molecule has 0 bridgehead atoms. The van der Waals surface area contributed by atoms with E-state index >= 15 is 0 Å². The number of halogens is 1. The van der Waals surface area contributed by atoms with Crippen LogP contribution < -0.4 is 19.5 Å². The Hall–Kier alpha value is -4.03. The van der Waals surface area contributed by atoms with Gasteiger partial charge in [0, 0.05) is 5.69 Å². The molecule has 0 unspecified atom stereocenters. The second-order valence-electron chi connectivity index (χ2n) is 8.09. The summed E-state index contributed by atoms with van der Waals surface area (Å²) in [5.74, 6) is 1.34. The van der Waals surface area contributed by atoms with Crippen LogP contribution in [0.15, 0.2) is 84.4 Å². The van der Waals surface area contributed by atoms with Gasteiger partial charge in [-0.25, -0.2) is 0 Å². The van der Waals surface area contributed by atoms with E-state index in [1.54, 1.807) is 37.4 Å². The minimum atomic E-state index is -0.503. The number of nitrogens with zero attached hydrogens (tertiary/aromatic N) is 1. The van der Waals surface area contributed by atoms with Gasteiger partial charge in [0.2, 0.25) is 0 Å². The summed E-state index contributed by atoms with van der Waals surface area (Å²) in [5, 5.41) is 14.7. The number of benzene rings is 4. The van der Waals surface area contributed by atoms with Crippen LogP contribution in [0.4, 0.5) is 5.69 Å². The van der Waals surface area contributed by atoms with Gasteiger partial charge in [-0.3, -0.25) is 4.79 Å². The first-order valence-corrected chi connectivity index (χ1v) is 12.7. The van der Waals surface area contributed by atoms with E-state index in [1.807, 2.05) is 37.3 Å². The summed E-state index contributed by atoms with van der Waals surface area (Å²) in [6, 6.07) is 26.9. The predicted molar refractivity (Wildman–Crippen MR) is 154 cm³/mol. The van der Waals surface area contributed by atoms with Gasteiger partial charge in [0.25, 0.3) is 5.91 Å². The lowest BCUT2D eigenvalue weighted by molar-refractivity contribution is -0.112. The molecule has 4 rings (SSSR count).